The third-order valence-electron chi connectivity index (χ3n) is 11.6. The predicted octanol–water partition coefficient (Wildman–Crippen LogP) is 8.27. The highest BCUT2D eigenvalue weighted by atomic mass is 16.3. The van der Waals surface area contributed by atoms with Crippen LogP contribution in [0.5, 0.6) is 0 Å². The van der Waals surface area contributed by atoms with E-state index in [2.05, 4.69) is 47.3 Å². The lowest BCUT2D eigenvalue weighted by atomic mass is 9.43. The minimum atomic E-state index is -0.0935. The summed E-state index contributed by atoms with van der Waals surface area (Å²) in [4.78, 5) is 0. The Balaban J connectivity index is 1.49. The minimum Gasteiger partial charge on any atom is -0.393 e. The molecule has 178 valence electrons. The fraction of sp³-hybridized carbons (Fsp3) is 0.933. The van der Waals surface area contributed by atoms with Gasteiger partial charge in [0.25, 0.3) is 0 Å². The van der Waals surface area contributed by atoms with Crippen molar-refractivity contribution in [2.24, 2.45) is 58.2 Å². The molecule has 1 nitrogen and oxygen atoms in total. The lowest BCUT2D eigenvalue weighted by molar-refractivity contribution is -0.152. The molecular formula is C30H52O. The number of rotatable bonds is 7. The van der Waals surface area contributed by atoms with Crippen molar-refractivity contribution in [2.45, 2.75) is 118 Å². The molecule has 0 aromatic carbocycles. The van der Waals surface area contributed by atoms with Gasteiger partial charge in [0.05, 0.1) is 6.10 Å². The zero-order valence-corrected chi connectivity index (χ0v) is 21.4. The number of hydrogen-bond acceptors (Lipinski definition) is 1. The smallest absolute Gasteiger partial charge is 0.0574 e. The van der Waals surface area contributed by atoms with Gasteiger partial charge in [-0.25, -0.2) is 0 Å². The van der Waals surface area contributed by atoms with Crippen molar-refractivity contribution in [1.82, 2.24) is 0 Å². The fourth-order valence-electron chi connectivity index (χ4n) is 10.0. The van der Waals surface area contributed by atoms with Crippen LogP contribution in [0, 0.1) is 58.2 Å². The van der Waals surface area contributed by atoms with Crippen LogP contribution in [0.15, 0.2) is 12.7 Å². The van der Waals surface area contributed by atoms with Crippen molar-refractivity contribution in [1.29, 1.82) is 0 Å². The molecule has 4 saturated carbocycles. The molecule has 1 heteroatoms. The minimum absolute atomic E-state index is 0.0935. The number of hydrogen-bond donors (Lipinski definition) is 1. The van der Waals surface area contributed by atoms with Crippen LogP contribution in [0.1, 0.15) is 112 Å². The van der Waals surface area contributed by atoms with Crippen LogP contribution >= 0.6 is 0 Å². The number of allylic oxidation sites excluding steroid dienone is 1. The van der Waals surface area contributed by atoms with Crippen LogP contribution in [-0.4, -0.2) is 11.2 Å². The second kappa shape index (κ2) is 9.15. The van der Waals surface area contributed by atoms with Crippen LogP contribution in [0.25, 0.3) is 0 Å². The predicted molar refractivity (Wildman–Crippen MR) is 133 cm³/mol. The largest absolute Gasteiger partial charge is 0.393 e. The second-order valence-corrected chi connectivity index (χ2v) is 13.4. The average molecular weight is 429 g/mol. The van der Waals surface area contributed by atoms with Crippen LogP contribution in [0.4, 0.5) is 0 Å². The van der Waals surface area contributed by atoms with E-state index in [0.29, 0.717) is 22.7 Å². The molecule has 0 radical (unpaired) electrons. The molecule has 1 N–H and O–H groups in total. The zero-order valence-electron chi connectivity index (χ0n) is 21.4. The summed E-state index contributed by atoms with van der Waals surface area (Å²) in [5.74, 6) is 6.70. The molecule has 4 unspecified atom stereocenters. The Bertz CT molecular complexity index is 624. The highest BCUT2D eigenvalue weighted by molar-refractivity contribution is 5.11. The van der Waals surface area contributed by atoms with Crippen molar-refractivity contribution >= 4 is 0 Å². The van der Waals surface area contributed by atoms with Crippen molar-refractivity contribution in [3.63, 3.8) is 0 Å². The maximum Gasteiger partial charge on any atom is 0.0574 e. The van der Waals surface area contributed by atoms with E-state index in [1.165, 1.54) is 64.2 Å². The second-order valence-electron chi connectivity index (χ2n) is 13.4. The summed E-state index contributed by atoms with van der Waals surface area (Å²) in [5.41, 5.74) is 1.05. The molecule has 0 aliphatic heterocycles. The van der Waals surface area contributed by atoms with E-state index in [4.69, 9.17) is 0 Å². The first-order valence-electron chi connectivity index (χ1n) is 14.0. The molecule has 0 saturated heterocycles. The third kappa shape index (κ3) is 4.08. The molecule has 31 heavy (non-hydrogen) atoms. The molecule has 0 amide bonds. The zero-order chi connectivity index (χ0) is 22.4. The monoisotopic (exact) mass is 428 g/mol. The van der Waals surface area contributed by atoms with Crippen LogP contribution < -0.4 is 0 Å². The lowest BCUT2D eigenvalue weighted by Gasteiger charge is -2.62. The molecule has 0 heterocycles. The maximum atomic E-state index is 10.8. The summed E-state index contributed by atoms with van der Waals surface area (Å²) < 4.78 is 0. The van der Waals surface area contributed by atoms with Crippen LogP contribution in [0.2, 0.25) is 0 Å². The molecule has 0 spiro atoms. The van der Waals surface area contributed by atoms with Gasteiger partial charge in [-0.1, -0.05) is 60.0 Å². The fourth-order valence-corrected chi connectivity index (χ4v) is 10.0. The Morgan fingerprint density at radius 1 is 0.871 bits per heavy atom. The number of fused-ring (bicyclic) bond motifs is 5. The van der Waals surface area contributed by atoms with Gasteiger partial charge in [0, 0.05) is 0 Å². The Hall–Kier alpha value is -0.300. The van der Waals surface area contributed by atoms with E-state index in [0.717, 1.165) is 48.3 Å². The normalized spacial score (nSPS) is 48.0. The van der Waals surface area contributed by atoms with Gasteiger partial charge in [-0.2, -0.15) is 0 Å². The summed E-state index contributed by atoms with van der Waals surface area (Å²) in [6.45, 7) is 16.7. The Morgan fingerprint density at radius 2 is 1.55 bits per heavy atom. The van der Waals surface area contributed by atoms with Gasteiger partial charge in [-0.05, 0) is 116 Å². The first kappa shape index (κ1) is 23.8. The first-order chi connectivity index (χ1) is 14.7. The highest BCUT2D eigenvalue weighted by Gasteiger charge is 2.61. The van der Waals surface area contributed by atoms with Gasteiger partial charge in [0.1, 0.15) is 0 Å². The standard InChI is InChI=1S/C30H52O/c1-7-9-23-26-13-12-22-25-15-14-24(21(4)11-8-10-20(2)3)29(25,5)18-16-27(22)30(26,6)19-17-28(23)31/h7,20-28,31H,1,8-19H2,2-6H3/t21-,22?,23+,24-,25?,26?,27?,28+,29-,30+/m1/s1. The molecule has 4 aliphatic rings. The van der Waals surface area contributed by atoms with E-state index in [1.54, 1.807) is 0 Å². The average Bonchev–Trinajstić information content (AvgIpc) is 3.07. The van der Waals surface area contributed by atoms with Crippen LogP contribution in [-0.2, 0) is 0 Å². The van der Waals surface area contributed by atoms with Gasteiger partial charge < -0.3 is 5.11 Å². The molecule has 0 bridgehead atoms. The van der Waals surface area contributed by atoms with Gasteiger partial charge in [0.2, 0.25) is 0 Å². The summed E-state index contributed by atoms with van der Waals surface area (Å²) in [5, 5.41) is 10.8. The van der Waals surface area contributed by atoms with Gasteiger partial charge in [0.15, 0.2) is 0 Å². The van der Waals surface area contributed by atoms with Crippen molar-refractivity contribution in [3.05, 3.63) is 12.7 Å². The number of aliphatic hydroxyl groups excluding tert-OH is 1. The van der Waals surface area contributed by atoms with E-state index >= 15 is 0 Å². The van der Waals surface area contributed by atoms with E-state index < -0.39 is 0 Å². The van der Waals surface area contributed by atoms with E-state index in [1.807, 2.05) is 0 Å². The molecule has 4 aliphatic carbocycles. The van der Waals surface area contributed by atoms with Gasteiger partial charge >= 0.3 is 0 Å². The molecule has 4 fully saturated rings. The first-order valence-corrected chi connectivity index (χ1v) is 14.0. The molecule has 4 rings (SSSR count). The van der Waals surface area contributed by atoms with E-state index in [-0.39, 0.29) is 6.10 Å². The number of aliphatic hydroxyl groups is 1. The molecule has 0 aromatic rings. The van der Waals surface area contributed by atoms with Gasteiger partial charge in [-0.3, -0.25) is 0 Å². The molecule has 10 atom stereocenters. The van der Waals surface area contributed by atoms with Gasteiger partial charge in [-0.15, -0.1) is 6.58 Å². The summed E-state index contributed by atoms with van der Waals surface area (Å²) in [6.07, 6.45) is 18.2. The summed E-state index contributed by atoms with van der Waals surface area (Å²) >= 11 is 0. The Morgan fingerprint density at radius 3 is 2.26 bits per heavy atom. The van der Waals surface area contributed by atoms with Crippen molar-refractivity contribution in [2.75, 3.05) is 0 Å². The van der Waals surface area contributed by atoms with E-state index in [9.17, 15) is 5.11 Å². The van der Waals surface area contributed by atoms with Crippen molar-refractivity contribution in [3.8, 4) is 0 Å². The maximum absolute atomic E-state index is 10.8. The summed E-state index contributed by atoms with van der Waals surface area (Å²) in [7, 11) is 0. The topological polar surface area (TPSA) is 20.2 Å². The lowest BCUT2D eigenvalue weighted by Crippen LogP contribution is -2.56. The molecular weight excluding hydrogens is 376 g/mol. The Kier molecular flexibility index (Phi) is 7.04. The SMILES string of the molecule is C=CC[C@H]1C2CCC3C(CC[C@@]4(C)C3CC[C@@H]4[C@H](C)CCCC(C)C)[C@@]2(C)CC[C@@H]1O. The van der Waals surface area contributed by atoms with Crippen LogP contribution in [0.3, 0.4) is 0 Å². The van der Waals surface area contributed by atoms with Crippen molar-refractivity contribution < 1.29 is 5.11 Å². The highest BCUT2D eigenvalue weighted by Crippen LogP contribution is 2.69. The summed E-state index contributed by atoms with van der Waals surface area (Å²) in [6, 6.07) is 0. The Labute approximate surface area is 193 Å². The molecule has 0 aromatic heterocycles. The quantitative estimate of drug-likeness (QED) is 0.404. The third-order valence-corrected chi connectivity index (χ3v) is 11.6.